The molecular formula is C15H23NOS. The molecule has 100 valence electrons. The molecule has 0 saturated carbocycles. The molecule has 1 atom stereocenters. The average molecular weight is 265 g/mol. The van der Waals surface area contributed by atoms with Crippen molar-refractivity contribution >= 4 is 17.2 Å². The molecule has 18 heavy (non-hydrogen) atoms. The fraction of sp³-hybridized carbons (Fsp3) is 0.533. The molecule has 1 rings (SSSR count). The van der Waals surface area contributed by atoms with Crippen LogP contribution in [0, 0.1) is 0 Å². The van der Waals surface area contributed by atoms with E-state index in [1.165, 1.54) is 11.1 Å². The highest BCUT2D eigenvalue weighted by Gasteiger charge is 2.11. The van der Waals surface area contributed by atoms with Crippen molar-refractivity contribution in [3.63, 3.8) is 0 Å². The second-order valence-electron chi connectivity index (χ2n) is 4.63. The minimum Gasteiger partial charge on any atom is -0.494 e. The third-order valence-electron chi connectivity index (χ3n) is 3.01. The number of thiocarbonyl (C=S) groups is 1. The number of hydrogen-bond acceptors (Lipinski definition) is 2. The van der Waals surface area contributed by atoms with E-state index in [0.717, 1.165) is 31.6 Å². The molecule has 0 aromatic heterocycles. The summed E-state index contributed by atoms with van der Waals surface area (Å²) in [6, 6.07) is 6.33. The van der Waals surface area contributed by atoms with E-state index in [0.29, 0.717) is 10.9 Å². The van der Waals surface area contributed by atoms with Crippen molar-refractivity contribution in [1.29, 1.82) is 0 Å². The van der Waals surface area contributed by atoms with Crippen LogP contribution in [0.15, 0.2) is 18.2 Å². The van der Waals surface area contributed by atoms with Crippen LogP contribution in [0.2, 0.25) is 0 Å². The summed E-state index contributed by atoms with van der Waals surface area (Å²) in [5, 5.41) is 0. The third-order valence-corrected chi connectivity index (χ3v) is 3.17. The number of ether oxygens (including phenoxy) is 1. The maximum absolute atomic E-state index is 5.66. The van der Waals surface area contributed by atoms with Gasteiger partial charge in [-0.15, -0.1) is 0 Å². The molecule has 0 bridgehead atoms. The largest absolute Gasteiger partial charge is 0.494 e. The molecular weight excluding hydrogens is 242 g/mol. The molecule has 0 saturated heterocycles. The lowest BCUT2D eigenvalue weighted by Gasteiger charge is -2.16. The van der Waals surface area contributed by atoms with Crippen molar-refractivity contribution in [1.82, 2.24) is 0 Å². The van der Waals surface area contributed by atoms with Crippen LogP contribution in [0.3, 0.4) is 0 Å². The van der Waals surface area contributed by atoms with E-state index < -0.39 is 0 Å². The van der Waals surface area contributed by atoms with Gasteiger partial charge in [-0.2, -0.15) is 0 Å². The minimum atomic E-state index is 0.373. The molecule has 0 fully saturated rings. The molecule has 2 nitrogen and oxygen atoms in total. The molecule has 2 N–H and O–H groups in total. The highest BCUT2D eigenvalue weighted by Crippen LogP contribution is 2.27. The second kappa shape index (κ2) is 7.37. The molecule has 0 amide bonds. The van der Waals surface area contributed by atoms with Gasteiger partial charge in [0.25, 0.3) is 0 Å². The maximum Gasteiger partial charge on any atom is 0.119 e. The summed E-state index contributed by atoms with van der Waals surface area (Å²) in [6.07, 6.45) is 2.79. The van der Waals surface area contributed by atoms with Gasteiger partial charge in [0.05, 0.1) is 11.6 Å². The van der Waals surface area contributed by atoms with E-state index in [4.69, 9.17) is 22.7 Å². The van der Waals surface area contributed by atoms with E-state index in [1.54, 1.807) is 0 Å². The van der Waals surface area contributed by atoms with E-state index >= 15 is 0 Å². The lowest BCUT2D eigenvalue weighted by atomic mass is 9.92. The van der Waals surface area contributed by atoms with Gasteiger partial charge in [-0.25, -0.2) is 0 Å². The zero-order chi connectivity index (χ0) is 13.5. The summed E-state index contributed by atoms with van der Waals surface area (Å²) in [4.78, 5) is 0.580. The first-order chi connectivity index (χ1) is 8.58. The predicted octanol–water partition coefficient (Wildman–Crippen LogP) is 3.82. The summed E-state index contributed by atoms with van der Waals surface area (Å²) in [5.74, 6) is 1.33. The molecule has 0 aliphatic heterocycles. The second-order valence-corrected chi connectivity index (χ2v) is 5.16. The molecule has 1 aromatic carbocycles. The van der Waals surface area contributed by atoms with Crippen molar-refractivity contribution in [2.75, 3.05) is 6.61 Å². The number of rotatable bonds is 7. The normalized spacial score (nSPS) is 12.2. The molecule has 0 aliphatic carbocycles. The maximum atomic E-state index is 5.66. The number of nitrogens with two attached hydrogens (primary N) is 1. The zero-order valence-electron chi connectivity index (χ0n) is 11.5. The summed E-state index contributed by atoms with van der Waals surface area (Å²) < 4.78 is 5.66. The Balaban J connectivity index is 2.88. The fourth-order valence-corrected chi connectivity index (χ4v) is 2.34. The summed E-state index contributed by atoms with van der Waals surface area (Å²) >= 11 is 4.99. The predicted molar refractivity (Wildman–Crippen MR) is 81.4 cm³/mol. The van der Waals surface area contributed by atoms with E-state index in [1.807, 2.05) is 6.07 Å². The third kappa shape index (κ3) is 4.30. The Labute approximate surface area is 116 Å². The first-order valence-electron chi connectivity index (χ1n) is 6.62. The highest BCUT2D eigenvalue weighted by atomic mass is 32.1. The molecule has 0 heterocycles. The first-order valence-corrected chi connectivity index (χ1v) is 7.03. The fourth-order valence-electron chi connectivity index (χ4n) is 2.09. The Kier molecular flexibility index (Phi) is 6.13. The molecule has 0 radical (unpaired) electrons. The Morgan fingerprint density at radius 1 is 1.39 bits per heavy atom. The van der Waals surface area contributed by atoms with Crippen LogP contribution in [-0.2, 0) is 6.42 Å². The summed E-state index contributed by atoms with van der Waals surface area (Å²) in [7, 11) is 0. The Hall–Kier alpha value is -1.09. The number of aryl methyl sites for hydroxylation is 1. The SMILES string of the molecule is CCCOc1ccc(C(C)CC(N)=S)c(CC)c1. The first kappa shape index (κ1) is 15.0. The average Bonchev–Trinajstić information content (AvgIpc) is 2.35. The van der Waals surface area contributed by atoms with Crippen LogP contribution in [0.1, 0.15) is 50.7 Å². The topological polar surface area (TPSA) is 35.2 Å². The highest BCUT2D eigenvalue weighted by molar-refractivity contribution is 7.80. The van der Waals surface area contributed by atoms with E-state index in [2.05, 4.69) is 32.9 Å². The van der Waals surface area contributed by atoms with Gasteiger partial charge in [-0.1, -0.05) is 39.1 Å². The van der Waals surface area contributed by atoms with Crippen LogP contribution in [0.4, 0.5) is 0 Å². The van der Waals surface area contributed by atoms with Gasteiger partial charge in [-0.05, 0) is 42.0 Å². The lowest BCUT2D eigenvalue weighted by Crippen LogP contribution is -2.12. The zero-order valence-corrected chi connectivity index (χ0v) is 12.3. The lowest BCUT2D eigenvalue weighted by molar-refractivity contribution is 0.317. The number of hydrogen-bond donors (Lipinski definition) is 1. The Bertz CT molecular complexity index is 403. The summed E-state index contributed by atoms with van der Waals surface area (Å²) in [5.41, 5.74) is 8.28. The van der Waals surface area contributed by atoms with Gasteiger partial charge in [0.1, 0.15) is 5.75 Å². The van der Waals surface area contributed by atoms with Gasteiger partial charge in [0.2, 0.25) is 0 Å². The van der Waals surface area contributed by atoms with E-state index in [-0.39, 0.29) is 0 Å². The summed E-state index contributed by atoms with van der Waals surface area (Å²) in [6.45, 7) is 7.21. The Morgan fingerprint density at radius 3 is 2.67 bits per heavy atom. The van der Waals surface area contributed by atoms with Crippen LogP contribution in [0.25, 0.3) is 0 Å². The molecule has 0 spiro atoms. The van der Waals surface area contributed by atoms with Crippen molar-refractivity contribution in [2.45, 2.75) is 46.0 Å². The Morgan fingerprint density at radius 2 is 2.11 bits per heavy atom. The van der Waals surface area contributed by atoms with Gasteiger partial charge in [-0.3, -0.25) is 0 Å². The quantitative estimate of drug-likeness (QED) is 0.761. The van der Waals surface area contributed by atoms with Gasteiger partial charge < -0.3 is 10.5 Å². The van der Waals surface area contributed by atoms with E-state index in [9.17, 15) is 0 Å². The minimum absolute atomic E-state index is 0.373. The number of benzene rings is 1. The van der Waals surface area contributed by atoms with Gasteiger partial charge in [0.15, 0.2) is 0 Å². The molecule has 0 aliphatic rings. The van der Waals surface area contributed by atoms with Crippen molar-refractivity contribution in [2.24, 2.45) is 5.73 Å². The standard InChI is InChI=1S/C15H23NOS/c1-4-8-17-13-6-7-14(12(5-2)10-13)11(3)9-15(16)18/h6-7,10-11H,4-5,8-9H2,1-3H3,(H2,16,18). The van der Waals surface area contributed by atoms with Gasteiger partial charge >= 0.3 is 0 Å². The molecule has 3 heteroatoms. The van der Waals surface area contributed by atoms with Crippen LogP contribution in [-0.4, -0.2) is 11.6 Å². The smallest absolute Gasteiger partial charge is 0.119 e. The van der Waals surface area contributed by atoms with Crippen molar-refractivity contribution < 1.29 is 4.74 Å². The van der Waals surface area contributed by atoms with Gasteiger partial charge in [0, 0.05) is 6.42 Å². The van der Waals surface area contributed by atoms with Crippen LogP contribution < -0.4 is 10.5 Å². The van der Waals surface area contributed by atoms with Crippen molar-refractivity contribution in [3.8, 4) is 5.75 Å². The van der Waals surface area contributed by atoms with Crippen LogP contribution >= 0.6 is 12.2 Å². The molecule has 1 unspecified atom stereocenters. The monoisotopic (exact) mass is 265 g/mol. The van der Waals surface area contributed by atoms with Crippen LogP contribution in [0.5, 0.6) is 5.75 Å². The van der Waals surface area contributed by atoms with Crippen molar-refractivity contribution in [3.05, 3.63) is 29.3 Å². The molecule has 1 aromatic rings.